The number of aryl methyl sites for hydroxylation is 1. The van der Waals surface area contributed by atoms with Crippen LogP contribution in [0.1, 0.15) is 30.1 Å². The van der Waals surface area contributed by atoms with Crippen molar-refractivity contribution >= 4 is 5.91 Å². The lowest BCUT2D eigenvalue weighted by molar-refractivity contribution is -0.122. The standard InChI is InChI=1S/C15H17NO3/c1-2-8-16-15(18)10-19-12-7-6-11-4-3-5-14(17)13(11)9-12/h1,6-7,9,14,17H,3-5,8,10H2,(H,16,18). The second kappa shape index (κ2) is 6.26. The molecule has 2 N–H and O–H groups in total. The van der Waals surface area contributed by atoms with Crippen molar-refractivity contribution in [3.8, 4) is 18.1 Å². The Hall–Kier alpha value is -1.99. The molecule has 0 fully saturated rings. The number of benzene rings is 1. The summed E-state index contributed by atoms with van der Waals surface area (Å²) >= 11 is 0. The second-order valence-electron chi connectivity index (χ2n) is 4.54. The minimum Gasteiger partial charge on any atom is -0.484 e. The van der Waals surface area contributed by atoms with Crippen LogP contribution in [0.25, 0.3) is 0 Å². The molecule has 0 radical (unpaired) electrons. The SMILES string of the molecule is C#CCNC(=O)COc1ccc2c(c1)C(O)CCC2. The molecule has 0 aromatic heterocycles. The monoisotopic (exact) mass is 259 g/mol. The highest BCUT2D eigenvalue weighted by atomic mass is 16.5. The van der Waals surface area contributed by atoms with E-state index in [2.05, 4.69) is 11.2 Å². The highest BCUT2D eigenvalue weighted by Crippen LogP contribution is 2.32. The van der Waals surface area contributed by atoms with Gasteiger partial charge in [-0.3, -0.25) is 4.79 Å². The molecule has 0 spiro atoms. The number of rotatable bonds is 4. The number of carbonyl (C=O) groups excluding carboxylic acids is 1. The van der Waals surface area contributed by atoms with Crippen LogP contribution < -0.4 is 10.1 Å². The molecule has 2 rings (SSSR count). The summed E-state index contributed by atoms with van der Waals surface area (Å²) in [5.41, 5.74) is 2.07. The molecule has 1 aromatic rings. The molecule has 4 heteroatoms. The van der Waals surface area contributed by atoms with Crippen LogP contribution in [0.15, 0.2) is 18.2 Å². The topological polar surface area (TPSA) is 58.6 Å². The van der Waals surface area contributed by atoms with Crippen LogP contribution in [-0.4, -0.2) is 24.2 Å². The number of carbonyl (C=O) groups is 1. The van der Waals surface area contributed by atoms with Crippen molar-refractivity contribution in [2.24, 2.45) is 0 Å². The van der Waals surface area contributed by atoms with Crippen LogP contribution in [0.2, 0.25) is 0 Å². The van der Waals surface area contributed by atoms with Gasteiger partial charge in [-0.1, -0.05) is 12.0 Å². The molecule has 1 amide bonds. The molecule has 1 aromatic carbocycles. The molecular formula is C15H17NO3. The molecular weight excluding hydrogens is 242 g/mol. The zero-order chi connectivity index (χ0) is 13.7. The van der Waals surface area contributed by atoms with Crippen LogP contribution >= 0.6 is 0 Å². The number of fused-ring (bicyclic) bond motifs is 1. The third kappa shape index (κ3) is 3.49. The van der Waals surface area contributed by atoms with Gasteiger partial charge in [0.05, 0.1) is 12.6 Å². The highest BCUT2D eigenvalue weighted by molar-refractivity contribution is 5.77. The minimum atomic E-state index is -0.428. The van der Waals surface area contributed by atoms with E-state index in [9.17, 15) is 9.90 Å². The summed E-state index contributed by atoms with van der Waals surface area (Å²) in [5, 5.41) is 12.4. The number of aliphatic hydroxyl groups is 1. The summed E-state index contributed by atoms with van der Waals surface area (Å²) in [5.74, 6) is 2.66. The smallest absolute Gasteiger partial charge is 0.258 e. The Morgan fingerprint density at radius 1 is 1.58 bits per heavy atom. The van der Waals surface area contributed by atoms with E-state index in [-0.39, 0.29) is 19.1 Å². The Kier molecular flexibility index (Phi) is 4.43. The van der Waals surface area contributed by atoms with Gasteiger partial charge in [0.25, 0.3) is 5.91 Å². The molecule has 19 heavy (non-hydrogen) atoms. The van der Waals surface area contributed by atoms with E-state index in [1.165, 1.54) is 0 Å². The fourth-order valence-corrected chi connectivity index (χ4v) is 2.19. The van der Waals surface area contributed by atoms with Gasteiger partial charge in [-0.15, -0.1) is 6.42 Å². The maximum absolute atomic E-state index is 11.3. The molecule has 1 unspecified atom stereocenters. The number of ether oxygens (including phenoxy) is 1. The molecule has 4 nitrogen and oxygen atoms in total. The Bertz CT molecular complexity index is 505. The summed E-state index contributed by atoms with van der Waals surface area (Å²) in [6, 6.07) is 5.59. The molecule has 0 aliphatic heterocycles. The number of hydrogen-bond acceptors (Lipinski definition) is 3. The summed E-state index contributed by atoms with van der Waals surface area (Å²) < 4.78 is 5.39. The largest absolute Gasteiger partial charge is 0.484 e. The zero-order valence-corrected chi connectivity index (χ0v) is 10.7. The van der Waals surface area contributed by atoms with E-state index in [4.69, 9.17) is 11.2 Å². The maximum Gasteiger partial charge on any atom is 0.258 e. The third-order valence-electron chi connectivity index (χ3n) is 3.16. The fraction of sp³-hybridized carbons (Fsp3) is 0.400. The lowest BCUT2D eigenvalue weighted by Crippen LogP contribution is -2.29. The normalized spacial score (nSPS) is 17.2. The first-order chi connectivity index (χ1) is 9.20. The number of terminal acetylenes is 1. The van der Waals surface area contributed by atoms with Crippen molar-refractivity contribution in [3.05, 3.63) is 29.3 Å². The zero-order valence-electron chi connectivity index (χ0n) is 10.7. The van der Waals surface area contributed by atoms with Crippen molar-refractivity contribution in [1.82, 2.24) is 5.32 Å². The van der Waals surface area contributed by atoms with E-state index < -0.39 is 6.10 Å². The number of amides is 1. The lowest BCUT2D eigenvalue weighted by atomic mass is 9.89. The first kappa shape index (κ1) is 13.4. The van der Waals surface area contributed by atoms with Crippen molar-refractivity contribution in [3.63, 3.8) is 0 Å². The van der Waals surface area contributed by atoms with Crippen molar-refractivity contribution in [2.45, 2.75) is 25.4 Å². The first-order valence-corrected chi connectivity index (χ1v) is 6.34. The molecule has 100 valence electrons. The van der Waals surface area contributed by atoms with Crippen LogP contribution in [0.4, 0.5) is 0 Å². The molecule has 1 aliphatic rings. The van der Waals surface area contributed by atoms with Gasteiger partial charge in [-0.05, 0) is 42.5 Å². The van der Waals surface area contributed by atoms with Crippen LogP contribution in [-0.2, 0) is 11.2 Å². The van der Waals surface area contributed by atoms with Crippen LogP contribution in [0.3, 0.4) is 0 Å². The van der Waals surface area contributed by atoms with Gasteiger partial charge >= 0.3 is 0 Å². The fourth-order valence-electron chi connectivity index (χ4n) is 2.19. The van der Waals surface area contributed by atoms with Crippen molar-refractivity contribution < 1.29 is 14.6 Å². The molecule has 0 bridgehead atoms. The predicted octanol–water partition coefficient (Wildman–Crippen LogP) is 1.18. The predicted molar refractivity (Wildman–Crippen MR) is 71.7 cm³/mol. The van der Waals surface area contributed by atoms with E-state index in [0.29, 0.717) is 5.75 Å². The molecule has 0 saturated heterocycles. The van der Waals surface area contributed by atoms with E-state index >= 15 is 0 Å². The van der Waals surface area contributed by atoms with E-state index in [1.807, 2.05) is 18.2 Å². The lowest BCUT2D eigenvalue weighted by Gasteiger charge is -2.21. The summed E-state index contributed by atoms with van der Waals surface area (Å²) in [6.07, 6.45) is 7.38. The number of nitrogens with one attached hydrogen (secondary N) is 1. The Labute approximate surface area is 112 Å². The second-order valence-corrected chi connectivity index (χ2v) is 4.54. The molecule has 0 heterocycles. The Balaban J connectivity index is 1.97. The highest BCUT2D eigenvalue weighted by Gasteiger charge is 2.18. The Morgan fingerprint density at radius 2 is 2.42 bits per heavy atom. The molecule has 1 atom stereocenters. The van der Waals surface area contributed by atoms with Crippen molar-refractivity contribution in [1.29, 1.82) is 0 Å². The summed E-state index contributed by atoms with van der Waals surface area (Å²) in [4.78, 5) is 11.3. The van der Waals surface area contributed by atoms with Crippen LogP contribution in [0.5, 0.6) is 5.75 Å². The van der Waals surface area contributed by atoms with Gasteiger partial charge in [0.1, 0.15) is 5.75 Å². The summed E-state index contributed by atoms with van der Waals surface area (Å²) in [7, 11) is 0. The summed E-state index contributed by atoms with van der Waals surface area (Å²) in [6.45, 7) is 0.127. The average Bonchev–Trinajstić information content (AvgIpc) is 2.43. The number of hydrogen-bond donors (Lipinski definition) is 2. The average molecular weight is 259 g/mol. The van der Waals surface area contributed by atoms with Crippen molar-refractivity contribution in [2.75, 3.05) is 13.2 Å². The van der Waals surface area contributed by atoms with Gasteiger partial charge in [0.15, 0.2) is 6.61 Å². The van der Waals surface area contributed by atoms with Crippen LogP contribution in [0, 0.1) is 12.3 Å². The molecule has 1 aliphatic carbocycles. The third-order valence-corrected chi connectivity index (χ3v) is 3.16. The van der Waals surface area contributed by atoms with E-state index in [0.717, 1.165) is 30.4 Å². The van der Waals surface area contributed by atoms with Gasteiger partial charge < -0.3 is 15.2 Å². The Morgan fingerprint density at radius 3 is 3.21 bits per heavy atom. The van der Waals surface area contributed by atoms with Gasteiger partial charge in [-0.2, -0.15) is 0 Å². The van der Waals surface area contributed by atoms with Gasteiger partial charge in [-0.25, -0.2) is 0 Å². The first-order valence-electron chi connectivity index (χ1n) is 6.34. The maximum atomic E-state index is 11.3. The number of aliphatic hydroxyl groups excluding tert-OH is 1. The quantitative estimate of drug-likeness (QED) is 0.798. The van der Waals surface area contributed by atoms with Gasteiger partial charge in [0.2, 0.25) is 0 Å². The van der Waals surface area contributed by atoms with E-state index in [1.54, 1.807) is 0 Å². The van der Waals surface area contributed by atoms with Gasteiger partial charge in [0, 0.05) is 0 Å². The minimum absolute atomic E-state index is 0.0729. The molecule has 0 saturated carbocycles.